The number of rotatable bonds is 8. The molecule has 3 heterocycles. The molecule has 0 fully saturated rings. The van der Waals surface area contributed by atoms with Crippen molar-refractivity contribution in [2.24, 2.45) is 5.73 Å². The van der Waals surface area contributed by atoms with E-state index in [1.54, 1.807) is 18.2 Å². The van der Waals surface area contributed by atoms with E-state index in [1.165, 1.54) is 6.20 Å². The molecule has 5 aromatic rings. The van der Waals surface area contributed by atoms with E-state index in [4.69, 9.17) is 21.3 Å². The van der Waals surface area contributed by atoms with Crippen LogP contribution in [0.2, 0.25) is 0 Å². The van der Waals surface area contributed by atoms with Crippen molar-refractivity contribution in [2.75, 3.05) is 23.0 Å². The summed E-state index contributed by atoms with van der Waals surface area (Å²) in [5.41, 5.74) is 13.7. The number of amides is 2. The van der Waals surface area contributed by atoms with Crippen molar-refractivity contribution >= 4 is 58.3 Å². The lowest BCUT2D eigenvalue weighted by atomic mass is 10.1. The number of aromatic carboxylic acids is 1. The van der Waals surface area contributed by atoms with Crippen molar-refractivity contribution in [3.63, 3.8) is 0 Å². The third kappa shape index (κ3) is 6.90. The Bertz CT molecular complexity index is 1980. The number of carboxylic acids is 1. The van der Waals surface area contributed by atoms with Gasteiger partial charge in [0.25, 0.3) is 22.7 Å². The van der Waals surface area contributed by atoms with E-state index in [1.807, 2.05) is 24.3 Å². The molecule has 0 aliphatic carbocycles. The maximum atomic E-state index is 12.5. The van der Waals surface area contributed by atoms with Crippen LogP contribution in [-0.4, -0.2) is 44.4 Å². The van der Waals surface area contributed by atoms with Gasteiger partial charge in [0, 0.05) is 25.8 Å². The number of carbonyl (C=O) groups excluding carboxylic acids is 2. The lowest BCUT2D eigenvalue weighted by Crippen LogP contribution is -2.36. The van der Waals surface area contributed by atoms with Crippen molar-refractivity contribution < 1.29 is 24.2 Å². The van der Waals surface area contributed by atoms with Crippen LogP contribution in [0.1, 0.15) is 37.5 Å². The highest BCUT2D eigenvalue weighted by atomic mass is 35.5. The summed E-state index contributed by atoms with van der Waals surface area (Å²) in [4.78, 5) is 67.7. The highest BCUT2D eigenvalue weighted by molar-refractivity contribution is 6.08. The van der Waals surface area contributed by atoms with Gasteiger partial charge < -0.3 is 42.2 Å². The molecule has 1 aliphatic rings. The number of H-pyrrole nitrogens is 1. The fraction of sp³-hybridized carbons (Fsp3) is 0.138. The van der Waals surface area contributed by atoms with E-state index in [0.29, 0.717) is 24.5 Å². The maximum Gasteiger partial charge on any atom is 0.339 e. The van der Waals surface area contributed by atoms with E-state index < -0.39 is 22.7 Å². The fourth-order valence-electron chi connectivity index (χ4n) is 4.42. The Hall–Kier alpha value is -5.80. The zero-order valence-electron chi connectivity index (χ0n) is 23.4. The van der Waals surface area contributed by atoms with E-state index >= 15 is 0 Å². The smallest absolute Gasteiger partial charge is 0.339 e. The molecule has 0 saturated carbocycles. The SMILES string of the molecule is Cl.NCc1cccc(CNc2c(N)c(=O)c2=O)c1.O=C1COc2ccc(CNC(=O)c3ncnc4c(C(=O)O)c[nH]c34)cc2N1. The third-order valence-electron chi connectivity index (χ3n) is 6.68. The lowest BCUT2D eigenvalue weighted by Gasteiger charge is -2.18. The molecule has 9 N–H and O–H groups in total. The molecule has 0 atom stereocenters. The van der Waals surface area contributed by atoms with Crippen molar-refractivity contribution in [3.8, 4) is 5.75 Å². The van der Waals surface area contributed by atoms with E-state index in [2.05, 4.69) is 30.9 Å². The van der Waals surface area contributed by atoms with Gasteiger partial charge in [-0.2, -0.15) is 0 Å². The number of nitrogens with two attached hydrogens (primary N) is 2. The van der Waals surface area contributed by atoms with Crippen LogP contribution >= 0.6 is 12.4 Å². The topological polar surface area (TPSA) is 245 Å². The van der Waals surface area contributed by atoms with Crippen molar-refractivity contribution in [3.05, 3.63) is 103 Å². The summed E-state index contributed by atoms with van der Waals surface area (Å²) in [7, 11) is 0. The number of anilines is 3. The number of fused-ring (bicyclic) bond motifs is 2. The average molecular weight is 635 g/mol. The van der Waals surface area contributed by atoms with Crippen LogP contribution in [0.25, 0.3) is 11.0 Å². The number of nitrogens with zero attached hydrogens (tertiary/aromatic N) is 2. The first-order chi connectivity index (χ1) is 21.2. The molecule has 1 aliphatic heterocycles. The second-order valence-electron chi connectivity index (χ2n) is 9.63. The second kappa shape index (κ2) is 13.7. The van der Waals surface area contributed by atoms with Crippen LogP contribution in [0.3, 0.4) is 0 Å². The number of aromatic nitrogens is 3. The van der Waals surface area contributed by atoms with Gasteiger partial charge in [-0.15, -0.1) is 12.4 Å². The maximum absolute atomic E-state index is 12.5. The molecule has 0 bridgehead atoms. The summed E-state index contributed by atoms with van der Waals surface area (Å²) in [5, 5.41) is 17.4. The van der Waals surface area contributed by atoms with Crippen LogP contribution < -0.4 is 43.0 Å². The first-order valence-electron chi connectivity index (χ1n) is 13.2. The van der Waals surface area contributed by atoms with Gasteiger partial charge in [-0.05, 0) is 28.8 Å². The monoisotopic (exact) mass is 634 g/mol. The normalized spacial score (nSPS) is 11.7. The molecule has 2 aromatic heterocycles. The molecule has 6 rings (SSSR count). The van der Waals surface area contributed by atoms with Crippen LogP contribution in [0, 0.1) is 0 Å². The van der Waals surface area contributed by atoms with Gasteiger partial charge >= 0.3 is 5.97 Å². The van der Waals surface area contributed by atoms with Crippen LogP contribution in [-0.2, 0) is 24.4 Å². The van der Waals surface area contributed by atoms with E-state index in [0.717, 1.165) is 23.0 Å². The summed E-state index contributed by atoms with van der Waals surface area (Å²) in [5.74, 6) is -1.31. The van der Waals surface area contributed by atoms with Crippen molar-refractivity contribution in [2.45, 2.75) is 19.6 Å². The van der Waals surface area contributed by atoms with Gasteiger partial charge in [0.1, 0.15) is 34.5 Å². The number of carboxylic acid groups (broad SMARTS) is 1. The Balaban J connectivity index is 0.000000222. The molecule has 0 saturated heterocycles. The summed E-state index contributed by atoms with van der Waals surface area (Å²) in [6, 6.07) is 12.9. The van der Waals surface area contributed by atoms with Crippen LogP contribution in [0.15, 0.2) is 64.6 Å². The Morgan fingerprint density at radius 3 is 2.49 bits per heavy atom. The molecule has 0 radical (unpaired) electrons. The average Bonchev–Trinajstić information content (AvgIpc) is 3.48. The van der Waals surface area contributed by atoms with Gasteiger partial charge in [-0.3, -0.25) is 19.2 Å². The zero-order chi connectivity index (χ0) is 31.4. The predicted octanol–water partition coefficient (Wildman–Crippen LogP) is 1.27. The zero-order valence-corrected chi connectivity index (χ0v) is 24.2. The predicted molar refractivity (Wildman–Crippen MR) is 167 cm³/mol. The van der Waals surface area contributed by atoms with Gasteiger partial charge in [0.2, 0.25) is 0 Å². The summed E-state index contributed by atoms with van der Waals surface area (Å²) in [6.45, 7) is 1.07. The molecule has 3 aromatic carbocycles. The minimum absolute atomic E-state index is 0. The van der Waals surface area contributed by atoms with Gasteiger partial charge in [-0.25, -0.2) is 14.8 Å². The fourth-order valence-corrected chi connectivity index (χ4v) is 4.42. The number of nitrogens with one attached hydrogen (secondary N) is 4. The van der Waals surface area contributed by atoms with Crippen LogP contribution in [0.4, 0.5) is 17.1 Å². The Morgan fingerprint density at radius 2 is 1.76 bits per heavy atom. The summed E-state index contributed by atoms with van der Waals surface area (Å²) < 4.78 is 5.29. The van der Waals surface area contributed by atoms with Crippen molar-refractivity contribution in [1.82, 2.24) is 20.3 Å². The van der Waals surface area contributed by atoms with Crippen LogP contribution in [0.5, 0.6) is 5.75 Å². The molecule has 2 amide bonds. The summed E-state index contributed by atoms with van der Waals surface area (Å²) in [6.07, 6.45) is 2.41. The number of nitrogen functional groups attached to an aromatic ring is 1. The van der Waals surface area contributed by atoms with E-state index in [9.17, 15) is 24.0 Å². The van der Waals surface area contributed by atoms with Gasteiger partial charge in [-0.1, -0.05) is 30.3 Å². The Labute approximate surface area is 260 Å². The van der Waals surface area contributed by atoms with Gasteiger partial charge in [0.05, 0.1) is 11.2 Å². The molecule has 0 spiro atoms. The molecule has 0 unspecified atom stereocenters. The molecular weight excluding hydrogens is 608 g/mol. The molecular formula is C29H27ClN8O7. The number of hydrogen-bond donors (Lipinski definition) is 7. The highest BCUT2D eigenvalue weighted by Crippen LogP contribution is 2.28. The first-order valence-corrected chi connectivity index (χ1v) is 13.2. The third-order valence-corrected chi connectivity index (χ3v) is 6.68. The second-order valence-corrected chi connectivity index (χ2v) is 9.63. The number of hydrogen-bond acceptors (Lipinski definition) is 11. The number of ether oxygens (including phenoxy) is 1. The van der Waals surface area contributed by atoms with E-state index in [-0.39, 0.29) is 65.1 Å². The highest BCUT2D eigenvalue weighted by Gasteiger charge is 2.20. The largest absolute Gasteiger partial charge is 0.482 e. The molecule has 232 valence electrons. The molecule has 15 nitrogen and oxygen atoms in total. The van der Waals surface area contributed by atoms with Crippen molar-refractivity contribution in [1.29, 1.82) is 0 Å². The Morgan fingerprint density at radius 1 is 1.00 bits per heavy atom. The van der Waals surface area contributed by atoms with Gasteiger partial charge in [0.15, 0.2) is 12.3 Å². The first kappa shape index (κ1) is 32.1. The quantitative estimate of drug-likeness (QED) is 0.119. The minimum atomic E-state index is -1.15. The molecule has 45 heavy (non-hydrogen) atoms. The standard InChI is InChI=1S/C17H13N5O5.C12H13N3O2.ClH/c23-12-6-27-11-2-1-8(3-10(11)22-12)4-19-16(24)15-14-13(20-7-21-15)9(5-18-14)17(25)26;13-5-7-2-1-3-8(4-7)6-15-10-9(14)11(16)12(10)17;/h1-3,5,7,18H,4,6H2,(H,19,24)(H,22,23)(H,25,26);1-4,15H,5-6,13-14H2;1H. The summed E-state index contributed by atoms with van der Waals surface area (Å²) >= 11 is 0. The molecule has 16 heteroatoms. The number of halogens is 1. The lowest BCUT2D eigenvalue weighted by molar-refractivity contribution is -0.118. The number of aromatic amines is 1. The number of carbonyl (C=O) groups is 3. The minimum Gasteiger partial charge on any atom is -0.482 e. The Kier molecular flexibility index (Phi) is 9.75. The number of benzene rings is 2.